The van der Waals surface area contributed by atoms with Crippen molar-refractivity contribution in [3.05, 3.63) is 47.8 Å². The summed E-state index contributed by atoms with van der Waals surface area (Å²) in [4.78, 5) is 9.54. The molecule has 0 atom stereocenters. The number of hydrogen-bond acceptors (Lipinski definition) is 2. The average Bonchev–Trinajstić information content (AvgIpc) is 2.49. The normalized spacial score (nSPS) is 13.9. The van der Waals surface area contributed by atoms with Crippen LogP contribution < -0.4 is 0 Å². The smallest absolute Gasteiger partial charge is 0.0888 e. The molecule has 166 valence electrons. The maximum Gasteiger partial charge on any atom is 0.0888 e. The van der Waals surface area contributed by atoms with Gasteiger partial charge in [0.15, 0.2) is 0 Å². The first-order valence-electron chi connectivity index (χ1n) is 11.3. The fourth-order valence-corrected chi connectivity index (χ4v) is 31.6. The van der Waals surface area contributed by atoms with Crippen LogP contribution in [0.15, 0.2) is 36.7 Å². The van der Waals surface area contributed by atoms with Crippen molar-refractivity contribution in [1.82, 2.24) is 9.97 Å². The summed E-state index contributed by atoms with van der Waals surface area (Å²) in [6.07, 6.45) is 4.03. The number of nitrogens with zero attached hydrogens (tertiary/aromatic N) is 2. The predicted molar refractivity (Wildman–Crippen MR) is 146 cm³/mol. The van der Waals surface area contributed by atoms with Crippen molar-refractivity contribution < 1.29 is 0 Å². The van der Waals surface area contributed by atoms with E-state index in [1.54, 1.807) is 0 Å². The Morgan fingerprint density at radius 2 is 0.767 bits per heavy atom. The van der Waals surface area contributed by atoms with Gasteiger partial charge in [0.25, 0.3) is 0 Å². The molecule has 30 heavy (non-hydrogen) atoms. The number of rotatable bonds is 7. The topological polar surface area (TPSA) is 25.8 Å². The Kier molecular flexibility index (Phi) is 7.29. The zero-order valence-electron chi connectivity index (χ0n) is 21.5. The lowest BCUT2D eigenvalue weighted by atomic mass is 10.1. The molecule has 2 nitrogen and oxygen atoms in total. The van der Waals surface area contributed by atoms with E-state index >= 15 is 0 Å². The molecule has 0 aliphatic rings. The van der Waals surface area contributed by atoms with Gasteiger partial charge in [-0.2, -0.15) is 0 Å². The third-order valence-corrected chi connectivity index (χ3v) is 24.6. The highest BCUT2D eigenvalue weighted by atomic mass is 28.4. The van der Waals surface area contributed by atoms with Crippen molar-refractivity contribution in [3.63, 3.8) is 0 Å². The predicted octanol–water partition coefficient (Wildman–Crippen LogP) is 7.82. The fourth-order valence-electron chi connectivity index (χ4n) is 6.13. The van der Waals surface area contributed by atoms with Crippen LogP contribution in [0.4, 0.5) is 0 Å². The molecular weight excluding hydrogens is 429 g/mol. The van der Waals surface area contributed by atoms with E-state index in [9.17, 15) is 0 Å². The van der Waals surface area contributed by atoms with Crippen molar-refractivity contribution in [2.24, 2.45) is 0 Å². The highest BCUT2D eigenvalue weighted by molar-refractivity contribution is 6.96. The highest BCUT2D eigenvalue weighted by Gasteiger charge is 2.40. The summed E-state index contributed by atoms with van der Waals surface area (Å²) in [7, 11) is -5.36. The van der Waals surface area contributed by atoms with Crippen LogP contribution in [0.2, 0.25) is 78.6 Å². The summed E-state index contributed by atoms with van der Waals surface area (Å²) < 4.78 is 0. The summed E-state index contributed by atoms with van der Waals surface area (Å²) in [6.45, 7) is 30.2. The Balaban J connectivity index is 2.57. The van der Waals surface area contributed by atoms with Gasteiger partial charge in [-0.25, -0.2) is 0 Å². The zero-order valence-corrected chi connectivity index (χ0v) is 25.5. The summed E-state index contributed by atoms with van der Waals surface area (Å²) in [6, 6.07) is 9.24. The van der Waals surface area contributed by atoms with Crippen LogP contribution >= 0.6 is 0 Å². The molecule has 2 aromatic heterocycles. The Labute approximate surface area is 190 Å². The standard InChI is InChI=1S/C24H44N2Si4/c1-27(2,3)23(28(4,5)6)19-13-15-25-21(17-19)22-18-20(14-16-26-22)24(29(7,8)9)30(10,11)12/h13-18,23-24H,1-12H3. The molecule has 0 aliphatic carbocycles. The van der Waals surface area contributed by atoms with Crippen LogP contribution in [0.5, 0.6) is 0 Å². The molecule has 0 bridgehead atoms. The molecule has 2 rings (SSSR count). The minimum Gasteiger partial charge on any atom is -0.255 e. The summed E-state index contributed by atoms with van der Waals surface area (Å²) in [5.74, 6) is 0. The third-order valence-electron chi connectivity index (χ3n) is 5.96. The minimum absolute atomic E-state index is 0.714. The number of hydrogen-bond donors (Lipinski definition) is 0. The van der Waals surface area contributed by atoms with Crippen molar-refractivity contribution in [1.29, 1.82) is 0 Å². The molecule has 0 aliphatic heterocycles. The third kappa shape index (κ3) is 6.11. The van der Waals surface area contributed by atoms with Gasteiger partial charge in [0.05, 0.1) is 11.4 Å². The van der Waals surface area contributed by atoms with E-state index in [1.807, 2.05) is 12.4 Å². The van der Waals surface area contributed by atoms with Crippen molar-refractivity contribution >= 4 is 32.3 Å². The van der Waals surface area contributed by atoms with Crippen molar-refractivity contribution in [3.8, 4) is 11.4 Å². The average molecular weight is 473 g/mol. The van der Waals surface area contributed by atoms with E-state index in [4.69, 9.17) is 9.97 Å². The van der Waals surface area contributed by atoms with Gasteiger partial charge in [-0.15, -0.1) is 0 Å². The quantitative estimate of drug-likeness (QED) is 0.384. The number of aromatic nitrogens is 2. The second-order valence-electron chi connectivity index (χ2n) is 13.3. The van der Waals surface area contributed by atoms with Crippen LogP contribution in [0.1, 0.15) is 21.5 Å². The monoisotopic (exact) mass is 472 g/mol. The fraction of sp³-hybridized carbons (Fsp3) is 0.583. The Morgan fingerprint density at radius 3 is 1.00 bits per heavy atom. The van der Waals surface area contributed by atoms with E-state index in [1.165, 1.54) is 11.1 Å². The summed E-state index contributed by atoms with van der Waals surface area (Å²) in [5, 5.41) is 1.43. The molecule has 0 unspecified atom stereocenters. The van der Waals surface area contributed by atoms with Crippen LogP contribution in [0.25, 0.3) is 11.4 Å². The van der Waals surface area contributed by atoms with E-state index in [0.717, 1.165) is 11.4 Å². The summed E-state index contributed by atoms with van der Waals surface area (Å²) >= 11 is 0. The molecule has 0 N–H and O–H groups in total. The molecule has 0 saturated heterocycles. The summed E-state index contributed by atoms with van der Waals surface area (Å²) in [5.41, 5.74) is 5.05. The van der Waals surface area contributed by atoms with Gasteiger partial charge in [0.1, 0.15) is 0 Å². The molecule has 0 radical (unpaired) electrons. The van der Waals surface area contributed by atoms with Gasteiger partial charge < -0.3 is 0 Å². The zero-order chi connectivity index (χ0) is 23.1. The van der Waals surface area contributed by atoms with Crippen LogP contribution in [-0.2, 0) is 0 Å². The molecule has 0 aromatic carbocycles. The van der Waals surface area contributed by atoms with Gasteiger partial charge in [-0.1, -0.05) is 78.6 Å². The van der Waals surface area contributed by atoms with Crippen molar-refractivity contribution in [2.75, 3.05) is 0 Å². The first-order valence-corrected chi connectivity index (χ1v) is 25.7. The number of pyridine rings is 2. The molecular formula is C24H44N2Si4. The van der Waals surface area contributed by atoms with Gasteiger partial charge in [-0.05, 0) is 45.7 Å². The second kappa shape index (κ2) is 8.60. The maximum atomic E-state index is 4.77. The van der Waals surface area contributed by atoms with E-state index in [-0.39, 0.29) is 0 Å². The minimum atomic E-state index is -1.34. The van der Waals surface area contributed by atoms with Gasteiger partial charge in [-0.3, -0.25) is 9.97 Å². The Bertz CT molecular complexity index is 767. The van der Waals surface area contributed by atoms with Crippen LogP contribution in [0, 0.1) is 0 Å². The van der Waals surface area contributed by atoms with E-state index < -0.39 is 32.3 Å². The Morgan fingerprint density at radius 1 is 0.500 bits per heavy atom. The van der Waals surface area contributed by atoms with Gasteiger partial charge >= 0.3 is 0 Å². The lowest BCUT2D eigenvalue weighted by Gasteiger charge is -2.39. The molecule has 0 spiro atoms. The molecule has 2 heterocycles. The van der Waals surface area contributed by atoms with Gasteiger partial charge in [0.2, 0.25) is 0 Å². The van der Waals surface area contributed by atoms with Crippen LogP contribution in [-0.4, -0.2) is 42.3 Å². The maximum absolute atomic E-state index is 4.77. The molecule has 0 saturated carbocycles. The second-order valence-corrected chi connectivity index (χ2v) is 35.7. The molecule has 6 heteroatoms. The largest absolute Gasteiger partial charge is 0.255 e. The molecule has 2 aromatic rings. The highest BCUT2D eigenvalue weighted by Crippen LogP contribution is 2.38. The van der Waals surface area contributed by atoms with Gasteiger partial charge in [0, 0.05) is 44.7 Å². The van der Waals surface area contributed by atoms with Crippen molar-refractivity contribution in [2.45, 2.75) is 88.9 Å². The Hall–Kier alpha value is -0.832. The van der Waals surface area contributed by atoms with E-state index in [2.05, 4.69) is 103 Å². The van der Waals surface area contributed by atoms with E-state index in [0.29, 0.717) is 10.3 Å². The first kappa shape index (κ1) is 25.4. The van der Waals surface area contributed by atoms with Crippen LogP contribution in [0.3, 0.4) is 0 Å². The molecule has 0 fully saturated rings. The molecule has 0 amide bonds. The lowest BCUT2D eigenvalue weighted by molar-refractivity contribution is 1.12. The SMILES string of the molecule is C[Si](C)(C)C(c1ccnc(-c2cc(C([Si](C)(C)C)[Si](C)(C)C)ccn2)c1)[Si](C)(C)C. The first-order chi connectivity index (χ1) is 13.4. The lowest BCUT2D eigenvalue weighted by Crippen LogP contribution is -2.46.